The van der Waals surface area contributed by atoms with Gasteiger partial charge in [0, 0.05) is 37.3 Å². The lowest BCUT2D eigenvalue weighted by molar-refractivity contribution is 0.0735. The van der Waals surface area contributed by atoms with Crippen molar-refractivity contribution in [3.05, 3.63) is 71.8 Å². The highest BCUT2D eigenvalue weighted by atomic mass is 19.1. The fourth-order valence-electron chi connectivity index (χ4n) is 4.85. The fraction of sp³-hybridized carbons (Fsp3) is 0.259. The van der Waals surface area contributed by atoms with Gasteiger partial charge in [-0.2, -0.15) is 5.26 Å². The third-order valence-electron chi connectivity index (χ3n) is 6.64. The van der Waals surface area contributed by atoms with Crippen LogP contribution < -0.4 is 0 Å². The summed E-state index contributed by atoms with van der Waals surface area (Å²) in [6.07, 6.45) is 4.29. The average molecular weight is 485 g/mol. The minimum Gasteiger partial charge on any atom is -0.359 e. The van der Waals surface area contributed by atoms with Crippen LogP contribution in [0.3, 0.4) is 0 Å². The molecule has 4 heterocycles. The number of carbonyl (C=O) groups excluding carboxylic acids is 1. The number of amides is 1. The molecule has 8 nitrogen and oxygen atoms in total. The van der Waals surface area contributed by atoms with Gasteiger partial charge in [-0.15, -0.1) is 0 Å². The maximum absolute atomic E-state index is 13.1. The fourth-order valence-corrected chi connectivity index (χ4v) is 4.85. The SMILES string of the molecule is C=Cc1cc(-c2nc3cc4c(cc3n2C)CCN(CCCF)C4=O)n(Cc2ccno2)c1C(=C)C#N. The number of hydrogen-bond donors (Lipinski definition) is 0. The van der Waals surface area contributed by atoms with Gasteiger partial charge < -0.3 is 18.6 Å². The molecule has 0 spiro atoms. The van der Waals surface area contributed by atoms with Crippen molar-refractivity contribution in [1.29, 1.82) is 5.26 Å². The average Bonchev–Trinajstić information content (AvgIpc) is 3.61. The largest absolute Gasteiger partial charge is 0.359 e. The Kier molecular flexibility index (Phi) is 6.02. The highest BCUT2D eigenvalue weighted by molar-refractivity contribution is 6.00. The number of imidazole rings is 1. The molecule has 0 unspecified atom stereocenters. The van der Waals surface area contributed by atoms with Crippen LogP contribution in [0, 0.1) is 11.3 Å². The molecular weight excluding hydrogens is 459 g/mol. The zero-order valence-electron chi connectivity index (χ0n) is 20.0. The van der Waals surface area contributed by atoms with Gasteiger partial charge in [0.2, 0.25) is 0 Å². The van der Waals surface area contributed by atoms with Gasteiger partial charge in [0.1, 0.15) is 6.07 Å². The zero-order valence-corrected chi connectivity index (χ0v) is 20.0. The van der Waals surface area contributed by atoms with Crippen molar-refractivity contribution in [1.82, 2.24) is 24.2 Å². The van der Waals surface area contributed by atoms with Crippen molar-refractivity contribution in [2.75, 3.05) is 19.8 Å². The number of carbonyl (C=O) groups is 1. The van der Waals surface area contributed by atoms with Crippen molar-refractivity contribution < 1.29 is 13.7 Å². The summed E-state index contributed by atoms with van der Waals surface area (Å²) in [4.78, 5) is 19.7. The van der Waals surface area contributed by atoms with Crippen molar-refractivity contribution in [3.8, 4) is 17.6 Å². The summed E-state index contributed by atoms with van der Waals surface area (Å²) in [5.74, 6) is 1.19. The van der Waals surface area contributed by atoms with Crippen LogP contribution in [-0.2, 0) is 20.0 Å². The lowest BCUT2D eigenvalue weighted by Crippen LogP contribution is -2.38. The molecule has 1 aliphatic rings. The van der Waals surface area contributed by atoms with E-state index < -0.39 is 6.67 Å². The maximum Gasteiger partial charge on any atom is 0.254 e. The third-order valence-corrected chi connectivity index (χ3v) is 6.64. The Morgan fingerprint density at radius 1 is 1.36 bits per heavy atom. The van der Waals surface area contributed by atoms with E-state index in [2.05, 4.69) is 24.4 Å². The quantitative estimate of drug-likeness (QED) is 0.341. The molecule has 0 saturated carbocycles. The first-order chi connectivity index (χ1) is 17.5. The van der Waals surface area contributed by atoms with E-state index in [9.17, 15) is 14.4 Å². The van der Waals surface area contributed by atoms with Gasteiger partial charge in [-0.25, -0.2) is 4.98 Å². The molecule has 3 aromatic heterocycles. The van der Waals surface area contributed by atoms with E-state index in [4.69, 9.17) is 9.51 Å². The van der Waals surface area contributed by atoms with Crippen LogP contribution in [0.25, 0.3) is 34.2 Å². The molecule has 4 aromatic rings. The molecule has 1 amide bonds. The van der Waals surface area contributed by atoms with Crippen molar-refractivity contribution in [2.45, 2.75) is 19.4 Å². The summed E-state index contributed by atoms with van der Waals surface area (Å²) < 4.78 is 21.9. The molecule has 5 rings (SSSR count). The van der Waals surface area contributed by atoms with E-state index in [1.54, 1.807) is 23.2 Å². The lowest BCUT2D eigenvalue weighted by Gasteiger charge is -2.28. The lowest BCUT2D eigenvalue weighted by atomic mass is 9.98. The summed E-state index contributed by atoms with van der Waals surface area (Å²) in [6, 6.07) is 9.66. The molecule has 0 saturated heterocycles. The Bertz CT molecular complexity index is 1540. The van der Waals surface area contributed by atoms with Gasteiger partial charge in [0.15, 0.2) is 11.6 Å². The molecule has 1 aromatic carbocycles. The topological polar surface area (TPSA) is 92.9 Å². The van der Waals surface area contributed by atoms with Gasteiger partial charge >= 0.3 is 0 Å². The molecule has 0 bridgehead atoms. The van der Waals surface area contributed by atoms with Gasteiger partial charge in [-0.3, -0.25) is 9.18 Å². The number of hydrogen-bond acceptors (Lipinski definition) is 5. The number of halogens is 1. The number of aromatic nitrogens is 4. The molecule has 36 heavy (non-hydrogen) atoms. The number of fused-ring (bicyclic) bond motifs is 2. The zero-order chi connectivity index (χ0) is 25.4. The molecule has 0 radical (unpaired) electrons. The van der Waals surface area contributed by atoms with Gasteiger partial charge in [0.05, 0.1) is 47.4 Å². The van der Waals surface area contributed by atoms with E-state index in [-0.39, 0.29) is 5.91 Å². The summed E-state index contributed by atoms with van der Waals surface area (Å²) >= 11 is 0. The van der Waals surface area contributed by atoms with Crippen LogP contribution >= 0.6 is 0 Å². The first-order valence-corrected chi connectivity index (χ1v) is 11.7. The second-order valence-electron chi connectivity index (χ2n) is 8.77. The Balaban J connectivity index is 1.66. The summed E-state index contributed by atoms with van der Waals surface area (Å²) in [7, 11) is 1.92. The summed E-state index contributed by atoms with van der Waals surface area (Å²) in [5.41, 5.74) is 5.57. The van der Waals surface area contributed by atoms with Crippen LogP contribution in [0.2, 0.25) is 0 Å². The highest BCUT2D eigenvalue weighted by Crippen LogP contribution is 2.34. The molecule has 9 heteroatoms. The van der Waals surface area contributed by atoms with Crippen LogP contribution in [0.1, 0.15) is 39.4 Å². The Morgan fingerprint density at radius 2 is 2.19 bits per heavy atom. The molecule has 0 fully saturated rings. The van der Waals surface area contributed by atoms with Crippen LogP contribution in [0.4, 0.5) is 4.39 Å². The molecule has 0 atom stereocenters. The number of alkyl halides is 1. The van der Waals surface area contributed by atoms with Crippen molar-refractivity contribution in [3.63, 3.8) is 0 Å². The predicted molar refractivity (Wildman–Crippen MR) is 135 cm³/mol. The van der Waals surface area contributed by atoms with Crippen molar-refractivity contribution >= 4 is 28.6 Å². The van der Waals surface area contributed by atoms with Gasteiger partial charge in [-0.1, -0.05) is 24.4 Å². The standard InChI is InChI=1S/C27H25FN6O2/c1-4-18-12-24(34(25(18)17(2)15-29)16-20-6-9-30-36-20)26-31-22-14-21-19(13-23(22)32(26)3)7-11-33(27(21)35)10-5-8-28/h4,6,9,12-14H,1-2,5,7-8,10-11,16H2,3H3. The first-order valence-electron chi connectivity index (χ1n) is 11.7. The summed E-state index contributed by atoms with van der Waals surface area (Å²) in [5, 5.41) is 13.4. The third kappa shape index (κ3) is 3.81. The minimum absolute atomic E-state index is 0.0888. The Morgan fingerprint density at radius 3 is 2.89 bits per heavy atom. The van der Waals surface area contributed by atoms with Crippen LogP contribution in [0.5, 0.6) is 0 Å². The van der Waals surface area contributed by atoms with E-state index in [0.29, 0.717) is 66.4 Å². The minimum atomic E-state index is -0.445. The van der Waals surface area contributed by atoms with Crippen molar-refractivity contribution in [2.24, 2.45) is 7.05 Å². The van der Waals surface area contributed by atoms with E-state index in [1.807, 2.05) is 34.4 Å². The molecule has 0 N–H and O–H groups in total. The first kappa shape index (κ1) is 23.3. The maximum atomic E-state index is 13.1. The number of benzene rings is 1. The Hall–Kier alpha value is -4.45. The van der Waals surface area contributed by atoms with Gasteiger partial charge in [0.25, 0.3) is 5.91 Å². The number of aryl methyl sites for hydroxylation is 1. The Labute approximate surface area is 207 Å². The monoisotopic (exact) mass is 484 g/mol. The normalized spacial score (nSPS) is 13.1. The predicted octanol–water partition coefficient (Wildman–Crippen LogP) is 4.62. The molecule has 0 aliphatic carbocycles. The van der Waals surface area contributed by atoms with E-state index in [1.165, 1.54) is 0 Å². The van der Waals surface area contributed by atoms with E-state index in [0.717, 1.165) is 22.3 Å². The second-order valence-corrected chi connectivity index (χ2v) is 8.77. The highest BCUT2D eigenvalue weighted by Gasteiger charge is 2.27. The number of nitrogens with zero attached hydrogens (tertiary/aromatic N) is 6. The number of nitriles is 1. The van der Waals surface area contributed by atoms with E-state index >= 15 is 0 Å². The summed E-state index contributed by atoms with van der Waals surface area (Å²) in [6.45, 7) is 8.71. The molecule has 182 valence electrons. The van der Waals surface area contributed by atoms with Gasteiger partial charge in [-0.05, 0) is 36.6 Å². The van der Waals surface area contributed by atoms with Crippen LogP contribution in [0.15, 0.2) is 48.1 Å². The second kappa shape index (κ2) is 9.30. The smallest absolute Gasteiger partial charge is 0.254 e. The molecule has 1 aliphatic heterocycles. The van der Waals surface area contributed by atoms with Crippen LogP contribution in [-0.4, -0.2) is 49.8 Å². The molecular formula is C27H25FN6O2. The number of rotatable bonds is 8. The number of allylic oxidation sites excluding steroid dienone is 1.